The molecule has 0 fully saturated rings. The largest absolute Gasteiger partial charge is 0.497 e. The van der Waals surface area contributed by atoms with Crippen LogP contribution >= 0.6 is 0 Å². The minimum atomic E-state index is -1.01. The Morgan fingerprint density at radius 2 is 1.39 bits per heavy atom. The van der Waals surface area contributed by atoms with Crippen LogP contribution in [0.15, 0.2) is 84.9 Å². The molecule has 10 nitrogen and oxygen atoms in total. The number of fused-ring (bicyclic) bond motifs is 2. The van der Waals surface area contributed by atoms with Gasteiger partial charge < -0.3 is 29.0 Å². The van der Waals surface area contributed by atoms with E-state index in [1.54, 1.807) is 57.5 Å². The van der Waals surface area contributed by atoms with Gasteiger partial charge >= 0.3 is 5.97 Å². The molecule has 1 amide bonds. The third kappa shape index (κ3) is 5.82. The summed E-state index contributed by atoms with van der Waals surface area (Å²) in [6.45, 7) is 1.90. The van der Waals surface area contributed by atoms with Gasteiger partial charge in [-0.1, -0.05) is 6.92 Å². The summed E-state index contributed by atoms with van der Waals surface area (Å²) < 4.78 is 27.0. The van der Waals surface area contributed by atoms with Crippen molar-refractivity contribution in [1.82, 2.24) is 9.97 Å². The minimum absolute atomic E-state index is 0.127. The number of aromatic nitrogens is 2. The van der Waals surface area contributed by atoms with Crippen molar-refractivity contribution in [3.05, 3.63) is 90.5 Å². The first kappa shape index (κ1) is 28.5. The molecule has 1 atom stereocenters. The van der Waals surface area contributed by atoms with Gasteiger partial charge in [-0.05, 0) is 85.3 Å². The number of hydrogen-bond acceptors (Lipinski definition) is 9. The first-order valence-electron chi connectivity index (χ1n) is 14.0. The quantitative estimate of drug-likeness (QED) is 0.198. The Morgan fingerprint density at radius 1 is 0.773 bits per heavy atom. The van der Waals surface area contributed by atoms with Gasteiger partial charge in [0.15, 0.2) is 17.6 Å². The highest BCUT2D eigenvalue weighted by molar-refractivity contribution is 5.99. The van der Waals surface area contributed by atoms with E-state index in [4.69, 9.17) is 33.7 Å². The topological polar surface area (TPSA) is 118 Å². The molecule has 4 aromatic carbocycles. The molecule has 0 saturated heterocycles. The molecule has 6 rings (SSSR count). The van der Waals surface area contributed by atoms with Crippen LogP contribution in [0, 0.1) is 0 Å². The number of carbonyl (C=O) groups is 2. The van der Waals surface area contributed by atoms with E-state index in [0.29, 0.717) is 45.4 Å². The molecular formula is C34H29N3O7. The zero-order valence-corrected chi connectivity index (χ0v) is 24.3. The molecule has 1 aromatic heterocycles. The number of amides is 1. The van der Waals surface area contributed by atoms with Crippen LogP contribution in [-0.4, -0.2) is 49.0 Å². The third-order valence-electron chi connectivity index (χ3n) is 7.18. The zero-order valence-electron chi connectivity index (χ0n) is 24.3. The Labute approximate surface area is 253 Å². The highest BCUT2D eigenvalue weighted by Crippen LogP contribution is 2.35. The molecule has 0 saturated carbocycles. The number of nitrogens with one attached hydrogen (secondary N) is 1. The maximum Gasteiger partial charge on any atom is 0.338 e. The first-order valence-corrected chi connectivity index (χ1v) is 14.0. The zero-order chi connectivity index (χ0) is 30.6. The second-order valence-corrected chi connectivity index (χ2v) is 9.94. The summed E-state index contributed by atoms with van der Waals surface area (Å²) >= 11 is 0. The highest BCUT2D eigenvalue weighted by atomic mass is 16.7. The summed E-state index contributed by atoms with van der Waals surface area (Å²) in [5.74, 6) is 1.48. The number of rotatable bonds is 9. The molecule has 0 bridgehead atoms. The summed E-state index contributed by atoms with van der Waals surface area (Å²) in [6, 6.07) is 25.1. The minimum Gasteiger partial charge on any atom is -0.497 e. The van der Waals surface area contributed by atoms with Crippen molar-refractivity contribution in [2.24, 2.45) is 0 Å². The van der Waals surface area contributed by atoms with Gasteiger partial charge in [-0.15, -0.1) is 0 Å². The molecule has 222 valence electrons. The number of benzene rings is 4. The molecule has 1 N–H and O–H groups in total. The van der Waals surface area contributed by atoms with E-state index in [-0.39, 0.29) is 18.8 Å². The van der Waals surface area contributed by atoms with Crippen LogP contribution in [0.2, 0.25) is 0 Å². The van der Waals surface area contributed by atoms with Crippen LogP contribution in [0.5, 0.6) is 23.0 Å². The van der Waals surface area contributed by atoms with Crippen molar-refractivity contribution >= 4 is 28.6 Å². The second kappa shape index (κ2) is 12.3. The van der Waals surface area contributed by atoms with Gasteiger partial charge in [0.05, 0.1) is 42.2 Å². The molecule has 0 spiro atoms. The maximum absolute atomic E-state index is 13.2. The molecule has 0 aliphatic carbocycles. The molecule has 5 aromatic rings. The fraction of sp³-hybridized carbons (Fsp3) is 0.176. The van der Waals surface area contributed by atoms with Crippen molar-refractivity contribution < 1.29 is 33.3 Å². The van der Waals surface area contributed by atoms with Crippen LogP contribution in [0.25, 0.3) is 33.5 Å². The van der Waals surface area contributed by atoms with Gasteiger partial charge in [-0.2, -0.15) is 0 Å². The fourth-order valence-electron chi connectivity index (χ4n) is 4.80. The lowest BCUT2D eigenvalue weighted by Crippen LogP contribution is -2.32. The normalized spacial score (nSPS) is 12.4. The molecule has 1 aliphatic rings. The summed E-state index contributed by atoms with van der Waals surface area (Å²) in [5.41, 5.74) is 4.83. The standard InChI is InChI=1S/C34H29N3O7/c1-4-28(33(38)35-23-10-16-29-30(18-23)43-19-42-29)44-34(39)22-9-15-26-27(17-22)37-32(21-7-13-25(41-3)14-8-21)31(36-26)20-5-11-24(40-2)12-6-20/h5-18,28H,4,19H2,1-3H3,(H,35,38). The SMILES string of the molecule is CCC(OC(=O)c1ccc2nc(-c3ccc(OC)cc3)c(-c3ccc(OC)cc3)nc2c1)C(=O)Nc1ccc2c(c1)OCO2. The van der Waals surface area contributed by atoms with Gasteiger partial charge in [-0.3, -0.25) is 4.79 Å². The number of hydrogen-bond donors (Lipinski definition) is 1. The van der Waals surface area contributed by atoms with Crippen molar-refractivity contribution in [1.29, 1.82) is 0 Å². The van der Waals surface area contributed by atoms with Crippen LogP contribution in [0.3, 0.4) is 0 Å². The predicted molar refractivity (Wildman–Crippen MR) is 164 cm³/mol. The Hall–Kier alpha value is -5.64. The van der Waals surface area contributed by atoms with E-state index in [1.165, 1.54) is 0 Å². The highest BCUT2D eigenvalue weighted by Gasteiger charge is 2.24. The van der Waals surface area contributed by atoms with Gasteiger partial charge in [0, 0.05) is 22.9 Å². The Morgan fingerprint density at radius 3 is 2.00 bits per heavy atom. The maximum atomic E-state index is 13.2. The predicted octanol–water partition coefficient (Wildman–Crippen LogP) is 6.28. The smallest absolute Gasteiger partial charge is 0.338 e. The molecule has 2 heterocycles. The summed E-state index contributed by atoms with van der Waals surface area (Å²) in [4.78, 5) is 36.1. The van der Waals surface area contributed by atoms with E-state index in [1.807, 2.05) is 48.5 Å². The van der Waals surface area contributed by atoms with Crippen LogP contribution < -0.4 is 24.3 Å². The number of nitrogens with zero attached hydrogens (tertiary/aromatic N) is 2. The van der Waals surface area contributed by atoms with Gasteiger partial charge in [0.25, 0.3) is 5.91 Å². The van der Waals surface area contributed by atoms with Crippen LogP contribution in [-0.2, 0) is 9.53 Å². The lowest BCUT2D eigenvalue weighted by atomic mass is 10.0. The summed E-state index contributed by atoms with van der Waals surface area (Å²) in [6.07, 6.45) is -0.732. The van der Waals surface area contributed by atoms with E-state index in [2.05, 4.69) is 5.32 Å². The average molecular weight is 592 g/mol. The second-order valence-electron chi connectivity index (χ2n) is 9.94. The fourth-order valence-corrected chi connectivity index (χ4v) is 4.80. The number of carbonyl (C=O) groups excluding carboxylic acids is 2. The third-order valence-corrected chi connectivity index (χ3v) is 7.18. The molecule has 44 heavy (non-hydrogen) atoms. The molecule has 10 heteroatoms. The lowest BCUT2D eigenvalue weighted by Gasteiger charge is -2.17. The van der Waals surface area contributed by atoms with Crippen molar-refractivity contribution in [2.45, 2.75) is 19.4 Å². The molecule has 1 unspecified atom stereocenters. The van der Waals surface area contributed by atoms with E-state index >= 15 is 0 Å². The van der Waals surface area contributed by atoms with Crippen LogP contribution in [0.1, 0.15) is 23.7 Å². The summed E-state index contributed by atoms with van der Waals surface area (Å²) in [5, 5.41) is 2.78. The van der Waals surface area contributed by atoms with Gasteiger partial charge in [0.2, 0.25) is 6.79 Å². The molecule has 0 radical (unpaired) electrons. The monoisotopic (exact) mass is 591 g/mol. The number of ether oxygens (including phenoxy) is 5. The Kier molecular flexibility index (Phi) is 7.96. The Balaban J connectivity index is 1.28. The average Bonchev–Trinajstić information content (AvgIpc) is 3.54. The molecular weight excluding hydrogens is 562 g/mol. The van der Waals surface area contributed by atoms with E-state index in [9.17, 15) is 9.59 Å². The van der Waals surface area contributed by atoms with E-state index < -0.39 is 18.0 Å². The van der Waals surface area contributed by atoms with E-state index in [0.717, 1.165) is 16.9 Å². The number of methoxy groups -OCH3 is 2. The van der Waals surface area contributed by atoms with Gasteiger partial charge in [0.1, 0.15) is 11.5 Å². The number of esters is 1. The first-order chi connectivity index (χ1) is 21.4. The lowest BCUT2D eigenvalue weighted by molar-refractivity contribution is -0.124. The van der Waals surface area contributed by atoms with Gasteiger partial charge in [-0.25, -0.2) is 14.8 Å². The van der Waals surface area contributed by atoms with Crippen molar-refractivity contribution in [3.63, 3.8) is 0 Å². The van der Waals surface area contributed by atoms with Crippen molar-refractivity contribution in [2.75, 3.05) is 26.3 Å². The molecule has 1 aliphatic heterocycles. The summed E-state index contributed by atoms with van der Waals surface area (Å²) in [7, 11) is 3.23. The van der Waals surface area contributed by atoms with Crippen molar-refractivity contribution in [3.8, 4) is 45.5 Å². The number of anilines is 1. The van der Waals surface area contributed by atoms with Crippen LogP contribution in [0.4, 0.5) is 5.69 Å². The Bertz CT molecular complexity index is 1840.